The van der Waals surface area contributed by atoms with Crippen LogP contribution in [0.5, 0.6) is 0 Å². The Morgan fingerprint density at radius 3 is 2.22 bits per heavy atom. The van der Waals surface area contributed by atoms with Gasteiger partial charge in [-0.2, -0.15) is 0 Å². The Labute approximate surface area is 110 Å². The summed E-state index contributed by atoms with van der Waals surface area (Å²) in [5.74, 6) is 0.662. The molecule has 4 heteroatoms. The Balaban J connectivity index is 1.88. The lowest BCUT2D eigenvalue weighted by Gasteiger charge is -2.23. The van der Waals surface area contributed by atoms with E-state index in [4.69, 9.17) is 0 Å². The van der Waals surface area contributed by atoms with Gasteiger partial charge >= 0.3 is 0 Å². The molecule has 0 unspecified atom stereocenters. The van der Waals surface area contributed by atoms with Gasteiger partial charge in [-0.15, -0.1) is 0 Å². The summed E-state index contributed by atoms with van der Waals surface area (Å²) < 4.78 is 22.7. The number of nitrogens with one attached hydrogen (secondary N) is 1. The van der Waals surface area contributed by atoms with E-state index in [-0.39, 0.29) is 0 Å². The van der Waals surface area contributed by atoms with Crippen LogP contribution in [0.2, 0.25) is 0 Å². The fourth-order valence-corrected chi connectivity index (χ4v) is 4.02. The Morgan fingerprint density at radius 1 is 1.11 bits per heavy atom. The first-order valence-electron chi connectivity index (χ1n) is 6.46. The second-order valence-electron chi connectivity index (χ2n) is 5.30. The highest BCUT2D eigenvalue weighted by Gasteiger charge is 2.22. The third kappa shape index (κ3) is 3.82. The molecule has 0 bridgehead atoms. The van der Waals surface area contributed by atoms with Gasteiger partial charge in [0.1, 0.15) is 9.84 Å². The summed E-state index contributed by atoms with van der Waals surface area (Å²) in [5.41, 5.74) is 3.83. The lowest BCUT2D eigenvalue weighted by molar-refractivity contribution is 0.463. The van der Waals surface area contributed by atoms with Gasteiger partial charge in [-0.05, 0) is 32.3 Å². The van der Waals surface area contributed by atoms with Crippen molar-refractivity contribution in [1.29, 1.82) is 0 Å². The van der Waals surface area contributed by atoms with Crippen LogP contribution in [-0.4, -0.2) is 26.0 Å². The molecule has 18 heavy (non-hydrogen) atoms. The molecule has 0 saturated carbocycles. The average molecular weight is 267 g/mol. The van der Waals surface area contributed by atoms with Crippen LogP contribution in [0, 0.1) is 13.8 Å². The molecule has 1 saturated heterocycles. The van der Waals surface area contributed by atoms with Gasteiger partial charge in [0.2, 0.25) is 0 Å². The molecule has 0 spiro atoms. The van der Waals surface area contributed by atoms with E-state index in [1.165, 1.54) is 16.7 Å². The standard InChI is InChI=1S/C14H21NO2S/c1-11-7-12(2)9-13(8-11)10-15-14-3-5-18(16,17)6-4-14/h7-9,14-15H,3-6,10H2,1-2H3. The van der Waals surface area contributed by atoms with Gasteiger partial charge in [0.05, 0.1) is 11.5 Å². The molecule has 0 radical (unpaired) electrons. The van der Waals surface area contributed by atoms with E-state index in [1.807, 2.05) is 0 Å². The first-order valence-corrected chi connectivity index (χ1v) is 8.28. The lowest BCUT2D eigenvalue weighted by Crippen LogP contribution is -2.37. The van der Waals surface area contributed by atoms with Gasteiger partial charge in [-0.25, -0.2) is 8.42 Å². The van der Waals surface area contributed by atoms with Crippen molar-refractivity contribution in [2.75, 3.05) is 11.5 Å². The minimum atomic E-state index is -2.75. The van der Waals surface area contributed by atoms with Crippen LogP contribution >= 0.6 is 0 Å². The molecule has 1 N–H and O–H groups in total. The first-order chi connectivity index (χ1) is 8.44. The topological polar surface area (TPSA) is 46.2 Å². The lowest BCUT2D eigenvalue weighted by atomic mass is 10.1. The summed E-state index contributed by atoms with van der Waals surface area (Å²) >= 11 is 0. The summed E-state index contributed by atoms with van der Waals surface area (Å²) in [7, 11) is -2.75. The summed E-state index contributed by atoms with van der Waals surface area (Å²) in [6, 6.07) is 6.87. The molecule has 3 nitrogen and oxygen atoms in total. The van der Waals surface area contributed by atoms with E-state index in [0.29, 0.717) is 17.5 Å². The molecule has 0 aromatic heterocycles. The number of aryl methyl sites for hydroxylation is 2. The number of rotatable bonds is 3. The van der Waals surface area contributed by atoms with Gasteiger partial charge in [-0.1, -0.05) is 29.3 Å². The first kappa shape index (κ1) is 13.6. The molecule has 1 aromatic carbocycles. The van der Waals surface area contributed by atoms with Crippen molar-refractivity contribution in [1.82, 2.24) is 5.32 Å². The highest BCUT2D eigenvalue weighted by atomic mass is 32.2. The molecule has 1 aliphatic rings. The number of benzene rings is 1. The quantitative estimate of drug-likeness (QED) is 0.911. The SMILES string of the molecule is Cc1cc(C)cc(CNC2CCS(=O)(=O)CC2)c1. The Morgan fingerprint density at radius 2 is 1.67 bits per heavy atom. The third-order valence-corrected chi connectivity index (χ3v) is 5.15. The van der Waals surface area contributed by atoms with E-state index in [1.54, 1.807) is 0 Å². The van der Waals surface area contributed by atoms with Crippen LogP contribution in [0.4, 0.5) is 0 Å². The molecule has 1 aliphatic heterocycles. The minimum Gasteiger partial charge on any atom is -0.310 e. The zero-order chi connectivity index (χ0) is 13.2. The smallest absolute Gasteiger partial charge is 0.150 e. The maximum absolute atomic E-state index is 11.3. The summed E-state index contributed by atoms with van der Waals surface area (Å²) in [6.45, 7) is 5.03. The predicted molar refractivity (Wildman–Crippen MR) is 74.4 cm³/mol. The highest BCUT2D eigenvalue weighted by molar-refractivity contribution is 7.91. The van der Waals surface area contributed by atoms with Crippen molar-refractivity contribution in [3.05, 3.63) is 34.9 Å². The van der Waals surface area contributed by atoms with Crippen LogP contribution in [0.1, 0.15) is 29.5 Å². The van der Waals surface area contributed by atoms with Crippen LogP contribution in [-0.2, 0) is 16.4 Å². The molecule has 1 heterocycles. The van der Waals surface area contributed by atoms with E-state index >= 15 is 0 Å². The van der Waals surface area contributed by atoms with E-state index in [9.17, 15) is 8.42 Å². The van der Waals surface area contributed by atoms with Crippen molar-refractivity contribution in [2.24, 2.45) is 0 Å². The molecule has 100 valence electrons. The fraction of sp³-hybridized carbons (Fsp3) is 0.571. The fourth-order valence-electron chi connectivity index (χ4n) is 2.53. The number of sulfone groups is 1. The van der Waals surface area contributed by atoms with Gasteiger partial charge in [-0.3, -0.25) is 0 Å². The second-order valence-corrected chi connectivity index (χ2v) is 7.61. The predicted octanol–water partition coefficient (Wildman–Crippen LogP) is 1.97. The third-order valence-electron chi connectivity index (χ3n) is 3.43. The van der Waals surface area contributed by atoms with Crippen molar-refractivity contribution in [3.8, 4) is 0 Å². The molecule has 1 fully saturated rings. The maximum Gasteiger partial charge on any atom is 0.150 e. The Hall–Kier alpha value is -0.870. The number of hydrogen-bond acceptors (Lipinski definition) is 3. The Bertz CT molecular complexity index is 488. The summed E-state index contributed by atoms with van der Waals surface area (Å²) in [5, 5.41) is 3.47. The van der Waals surface area contributed by atoms with Gasteiger partial charge in [0.15, 0.2) is 0 Å². The normalized spacial score (nSPS) is 19.9. The largest absolute Gasteiger partial charge is 0.310 e. The van der Waals surface area contributed by atoms with E-state index in [2.05, 4.69) is 37.4 Å². The highest BCUT2D eigenvalue weighted by Crippen LogP contribution is 2.14. The number of hydrogen-bond donors (Lipinski definition) is 1. The van der Waals surface area contributed by atoms with Crippen molar-refractivity contribution in [3.63, 3.8) is 0 Å². The second kappa shape index (κ2) is 5.41. The maximum atomic E-state index is 11.3. The van der Waals surface area contributed by atoms with Gasteiger partial charge in [0.25, 0.3) is 0 Å². The Kier molecular flexibility index (Phi) is 4.07. The average Bonchev–Trinajstić information content (AvgIpc) is 2.26. The van der Waals surface area contributed by atoms with Gasteiger partial charge < -0.3 is 5.32 Å². The zero-order valence-corrected chi connectivity index (χ0v) is 11.9. The van der Waals surface area contributed by atoms with Gasteiger partial charge in [0, 0.05) is 12.6 Å². The van der Waals surface area contributed by atoms with E-state index in [0.717, 1.165) is 19.4 Å². The molecule has 0 atom stereocenters. The minimum absolute atomic E-state index is 0.331. The van der Waals surface area contributed by atoms with E-state index < -0.39 is 9.84 Å². The van der Waals surface area contributed by atoms with Crippen LogP contribution < -0.4 is 5.32 Å². The summed E-state index contributed by atoms with van der Waals surface area (Å²) in [4.78, 5) is 0. The van der Waals surface area contributed by atoms with Crippen LogP contribution in [0.25, 0.3) is 0 Å². The van der Waals surface area contributed by atoms with Crippen molar-refractivity contribution >= 4 is 9.84 Å². The molecule has 0 amide bonds. The molecule has 0 aliphatic carbocycles. The molecule has 1 aromatic rings. The summed E-state index contributed by atoms with van der Waals surface area (Å²) in [6.07, 6.45) is 1.49. The monoisotopic (exact) mass is 267 g/mol. The van der Waals surface area contributed by atoms with Crippen molar-refractivity contribution in [2.45, 2.75) is 39.3 Å². The molecular weight excluding hydrogens is 246 g/mol. The van der Waals surface area contributed by atoms with Crippen molar-refractivity contribution < 1.29 is 8.42 Å². The zero-order valence-electron chi connectivity index (χ0n) is 11.1. The van der Waals surface area contributed by atoms with Crippen LogP contribution in [0.3, 0.4) is 0 Å². The molecule has 2 rings (SSSR count). The van der Waals surface area contributed by atoms with Crippen LogP contribution in [0.15, 0.2) is 18.2 Å². The molecular formula is C14H21NO2S.